The maximum absolute atomic E-state index is 5.68. The Morgan fingerprint density at radius 1 is 1.15 bits per heavy atom. The number of hydrogen-bond acceptors (Lipinski definition) is 2. The summed E-state index contributed by atoms with van der Waals surface area (Å²) in [6.07, 6.45) is 1.13. The van der Waals surface area contributed by atoms with Crippen LogP contribution in [0, 0.1) is 0 Å². The van der Waals surface area contributed by atoms with Crippen LogP contribution in [0.3, 0.4) is 0 Å². The summed E-state index contributed by atoms with van der Waals surface area (Å²) in [5.41, 5.74) is 0.569. The Bertz CT molecular complexity index is 116. The van der Waals surface area contributed by atoms with E-state index in [4.69, 9.17) is 8.85 Å². The topological polar surface area (TPSA) is 18.5 Å². The van der Waals surface area contributed by atoms with Crippen molar-refractivity contribution in [3.05, 3.63) is 0 Å². The first-order valence-corrected chi connectivity index (χ1v) is 7.57. The van der Waals surface area contributed by atoms with Crippen molar-refractivity contribution in [2.45, 2.75) is 44.5 Å². The molecule has 0 amide bonds. The molecule has 0 bridgehead atoms. The summed E-state index contributed by atoms with van der Waals surface area (Å²) >= 11 is 3.62. The van der Waals surface area contributed by atoms with Crippen LogP contribution in [0.25, 0.3) is 0 Å². The Hall–Kier alpha value is 0.617. The molecule has 4 heteroatoms. The van der Waals surface area contributed by atoms with E-state index in [1.165, 1.54) is 0 Å². The summed E-state index contributed by atoms with van der Waals surface area (Å²) in [6.45, 7) is 9.97. The van der Waals surface area contributed by atoms with Gasteiger partial charge in [-0.25, -0.2) is 0 Å². The molecule has 0 rings (SSSR count). The zero-order valence-corrected chi connectivity index (χ0v) is 11.8. The van der Waals surface area contributed by atoms with Gasteiger partial charge in [0.2, 0.25) is 0 Å². The van der Waals surface area contributed by atoms with Gasteiger partial charge in [0.15, 0.2) is 0 Å². The van der Waals surface area contributed by atoms with Gasteiger partial charge in [-0.2, -0.15) is 0 Å². The highest BCUT2D eigenvalue weighted by atomic mass is 79.9. The van der Waals surface area contributed by atoms with Crippen molar-refractivity contribution in [1.82, 2.24) is 0 Å². The third-order valence-electron chi connectivity index (χ3n) is 2.07. The van der Waals surface area contributed by atoms with Crippen LogP contribution in [-0.2, 0) is 8.85 Å². The van der Waals surface area contributed by atoms with Gasteiger partial charge in [0.05, 0.1) is 0 Å². The average molecular weight is 269 g/mol. The maximum Gasteiger partial charge on any atom is 0.325 e. The Morgan fingerprint density at radius 3 is 1.85 bits per heavy atom. The smallest absolute Gasteiger partial charge is 0.325 e. The molecule has 0 N–H and O–H groups in total. The standard InChI is InChI=1S/C9H21BrO2Si/c1-5-9(8(4)10)13(11-6-2)12-7-3/h8-9,13H,5-7H2,1-4H3. The van der Waals surface area contributed by atoms with Crippen LogP contribution >= 0.6 is 15.9 Å². The zero-order chi connectivity index (χ0) is 10.3. The van der Waals surface area contributed by atoms with Crippen LogP contribution in [0.2, 0.25) is 5.54 Å². The van der Waals surface area contributed by atoms with E-state index < -0.39 is 9.28 Å². The SMILES string of the molecule is CCO[SiH](OCC)C(CC)C(C)Br. The van der Waals surface area contributed by atoms with Crippen molar-refractivity contribution < 1.29 is 8.85 Å². The van der Waals surface area contributed by atoms with Crippen molar-refractivity contribution in [3.63, 3.8) is 0 Å². The minimum atomic E-state index is -1.45. The second kappa shape index (κ2) is 7.97. The second-order valence-corrected chi connectivity index (χ2v) is 6.73. The Labute approximate surface area is 92.0 Å². The lowest BCUT2D eigenvalue weighted by atomic mass is 10.3. The van der Waals surface area contributed by atoms with E-state index in [-0.39, 0.29) is 0 Å². The molecule has 13 heavy (non-hydrogen) atoms. The molecule has 0 radical (unpaired) electrons. The molecular formula is C9H21BrO2Si. The van der Waals surface area contributed by atoms with Crippen molar-refractivity contribution in [3.8, 4) is 0 Å². The monoisotopic (exact) mass is 268 g/mol. The van der Waals surface area contributed by atoms with Gasteiger partial charge < -0.3 is 8.85 Å². The molecule has 2 unspecified atom stereocenters. The molecule has 0 saturated carbocycles. The first-order valence-electron chi connectivity index (χ1n) is 5.04. The van der Waals surface area contributed by atoms with Gasteiger partial charge >= 0.3 is 9.28 Å². The number of rotatable bonds is 7. The van der Waals surface area contributed by atoms with E-state index in [1.807, 2.05) is 13.8 Å². The van der Waals surface area contributed by atoms with Crippen LogP contribution in [0.1, 0.15) is 34.1 Å². The predicted molar refractivity (Wildman–Crippen MR) is 62.8 cm³/mol. The minimum absolute atomic E-state index is 0.493. The summed E-state index contributed by atoms with van der Waals surface area (Å²) in [4.78, 5) is 0.493. The molecule has 0 aliphatic carbocycles. The molecule has 0 aromatic rings. The third-order valence-corrected chi connectivity index (χ3v) is 6.39. The molecule has 0 aliphatic rings. The highest BCUT2D eigenvalue weighted by Gasteiger charge is 2.27. The van der Waals surface area contributed by atoms with Gasteiger partial charge in [-0.15, -0.1) is 0 Å². The summed E-state index contributed by atoms with van der Waals surface area (Å²) < 4.78 is 11.4. The summed E-state index contributed by atoms with van der Waals surface area (Å²) in [5, 5.41) is 0. The molecule has 2 nitrogen and oxygen atoms in total. The van der Waals surface area contributed by atoms with Gasteiger partial charge in [0.25, 0.3) is 0 Å². The summed E-state index contributed by atoms with van der Waals surface area (Å²) in [7, 11) is -1.45. The first kappa shape index (κ1) is 13.6. The van der Waals surface area contributed by atoms with Crippen molar-refractivity contribution in [2.24, 2.45) is 0 Å². The zero-order valence-electron chi connectivity index (χ0n) is 9.05. The fraction of sp³-hybridized carbons (Fsp3) is 1.00. The van der Waals surface area contributed by atoms with Crippen molar-refractivity contribution in [2.75, 3.05) is 13.2 Å². The molecule has 0 aromatic carbocycles. The fourth-order valence-electron chi connectivity index (χ4n) is 1.36. The summed E-state index contributed by atoms with van der Waals surface area (Å²) in [6, 6.07) is 0. The fourth-order valence-corrected chi connectivity index (χ4v) is 4.54. The molecular weight excluding hydrogens is 248 g/mol. The second-order valence-electron chi connectivity index (χ2n) is 3.03. The lowest BCUT2D eigenvalue weighted by Crippen LogP contribution is -2.32. The average Bonchev–Trinajstić information content (AvgIpc) is 2.05. The van der Waals surface area contributed by atoms with E-state index in [2.05, 4.69) is 29.8 Å². The van der Waals surface area contributed by atoms with Gasteiger partial charge in [-0.1, -0.05) is 36.2 Å². The molecule has 2 atom stereocenters. The van der Waals surface area contributed by atoms with E-state index >= 15 is 0 Å². The first-order chi connectivity index (χ1) is 6.17. The van der Waals surface area contributed by atoms with Crippen LogP contribution < -0.4 is 0 Å². The van der Waals surface area contributed by atoms with Crippen molar-refractivity contribution >= 4 is 25.2 Å². The molecule has 0 saturated heterocycles. The van der Waals surface area contributed by atoms with E-state index in [0.29, 0.717) is 10.4 Å². The van der Waals surface area contributed by atoms with Gasteiger partial charge in [0.1, 0.15) is 0 Å². The molecule has 0 aliphatic heterocycles. The largest absolute Gasteiger partial charge is 0.397 e. The normalized spacial score (nSPS) is 16.2. The highest BCUT2D eigenvalue weighted by Crippen LogP contribution is 2.26. The summed E-state index contributed by atoms with van der Waals surface area (Å²) in [5.74, 6) is 0. The number of alkyl halides is 1. The lowest BCUT2D eigenvalue weighted by molar-refractivity contribution is 0.202. The highest BCUT2D eigenvalue weighted by molar-refractivity contribution is 9.09. The van der Waals surface area contributed by atoms with E-state index in [0.717, 1.165) is 19.6 Å². The molecule has 80 valence electrons. The van der Waals surface area contributed by atoms with Crippen LogP contribution in [0.15, 0.2) is 0 Å². The van der Waals surface area contributed by atoms with Crippen molar-refractivity contribution in [1.29, 1.82) is 0 Å². The maximum atomic E-state index is 5.68. The quantitative estimate of drug-likeness (QED) is 0.522. The van der Waals surface area contributed by atoms with Gasteiger partial charge in [-0.3, -0.25) is 0 Å². The Kier molecular flexibility index (Phi) is 8.35. The third kappa shape index (κ3) is 5.15. The van der Waals surface area contributed by atoms with Crippen LogP contribution in [0.5, 0.6) is 0 Å². The van der Waals surface area contributed by atoms with Crippen LogP contribution in [0.4, 0.5) is 0 Å². The Morgan fingerprint density at radius 2 is 1.62 bits per heavy atom. The van der Waals surface area contributed by atoms with E-state index in [1.54, 1.807) is 0 Å². The Balaban J connectivity index is 4.11. The molecule has 0 fully saturated rings. The molecule has 0 heterocycles. The minimum Gasteiger partial charge on any atom is -0.397 e. The van der Waals surface area contributed by atoms with E-state index in [9.17, 15) is 0 Å². The predicted octanol–water partition coefficient (Wildman–Crippen LogP) is 2.84. The lowest BCUT2D eigenvalue weighted by Gasteiger charge is -2.25. The van der Waals surface area contributed by atoms with Gasteiger partial charge in [0, 0.05) is 23.6 Å². The number of hydrogen-bond donors (Lipinski definition) is 0. The molecule has 0 aromatic heterocycles. The number of halogens is 1. The molecule has 0 spiro atoms. The van der Waals surface area contributed by atoms with Gasteiger partial charge in [-0.05, 0) is 13.8 Å². The van der Waals surface area contributed by atoms with Crippen LogP contribution in [-0.4, -0.2) is 27.3 Å².